The van der Waals surface area contributed by atoms with Crippen LogP contribution in [0, 0.1) is 0 Å². The van der Waals surface area contributed by atoms with Crippen molar-refractivity contribution in [3.05, 3.63) is 0 Å². The van der Waals surface area contributed by atoms with Crippen molar-refractivity contribution in [2.75, 3.05) is 33.0 Å². The van der Waals surface area contributed by atoms with Gasteiger partial charge in [-0.05, 0) is 20.8 Å². The highest BCUT2D eigenvalue weighted by Gasteiger charge is 2.61. The minimum atomic E-state index is -2.45. The zero-order chi connectivity index (χ0) is 67.8. The van der Waals surface area contributed by atoms with Crippen LogP contribution in [0.5, 0.6) is 0 Å². The largest absolute Gasteiger partial charge is 0.394 e. The molecular weight excluding hydrogens is 1260 g/mol. The molecule has 0 bridgehead atoms. The van der Waals surface area contributed by atoms with Crippen molar-refractivity contribution >= 4 is 11.8 Å². The summed E-state index contributed by atoms with van der Waals surface area (Å²) in [6, 6.07) is -3.84. The molecule has 8 fully saturated rings. The lowest BCUT2D eigenvalue weighted by Crippen LogP contribution is -2.72. The van der Waals surface area contributed by atoms with Crippen LogP contribution in [-0.2, 0) is 80.6 Å². The van der Waals surface area contributed by atoms with E-state index in [2.05, 4.69) is 10.6 Å². The first kappa shape index (κ1) is 75.3. The molecule has 0 aliphatic carbocycles. The van der Waals surface area contributed by atoms with E-state index in [0.29, 0.717) is 0 Å². The summed E-state index contributed by atoms with van der Waals surface area (Å²) in [5, 5.41) is 235. The standard InChI is InChI=1S/C52H88N2O38/c1-11-23(61)28(66)33(71)47(79-11)78-10-20-41(42(21(45(77)82-20)53-14(4)59)90-48-34(72)29(67)24(62)12(2)80-48)87-46-22(54-15(5)60)43(91-49-35(73)30(68)25(63)13(3)81-49)39(18(8-57)85-46)88-52-38(76)44(92-51-37(75)32(70)27(65)17(7-56)84-51)40(19(9-58)86-52)89-50-36(74)31(69)26(64)16(6-55)83-50/h11-13,16-52,55-58,61-77H,6-10H2,1-5H3,(H,53,59)(H,54,60)/t11-,12-,13-,16+,17+,18+,19+,20+,21+,22+,23+,24+,25+,26-,27+,28+,29+,30+,31-,32-,33-,34-,35-,36+,37-,38-,39+,40+,41+,42+,43+,44+,45+,46-,47+,48-,49-,50-,51+,52-/m0/s1. The number of carbonyl (C=O) groups excluding carboxylic acids is 2. The fourth-order valence-electron chi connectivity index (χ4n) is 12.0. The third-order valence-corrected chi connectivity index (χ3v) is 17.3. The van der Waals surface area contributed by atoms with Crippen LogP contribution in [-0.4, -0.2) is 398 Å². The summed E-state index contributed by atoms with van der Waals surface area (Å²) >= 11 is 0. The van der Waals surface area contributed by atoms with Gasteiger partial charge in [-0.3, -0.25) is 9.59 Å². The number of aliphatic hydroxyl groups is 21. The van der Waals surface area contributed by atoms with E-state index >= 15 is 0 Å². The minimum Gasteiger partial charge on any atom is -0.394 e. The highest BCUT2D eigenvalue weighted by molar-refractivity contribution is 5.73. The minimum absolute atomic E-state index is 0.872. The molecule has 0 aromatic heterocycles. The van der Waals surface area contributed by atoms with Crippen molar-refractivity contribution in [2.45, 2.75) is 280 Å². The van der Waals surface area contributed by atoms with Crippen molar-refractivity contribution < 1.29 is 188 Å². The van der Waals surface area contributed by atoms with E-state index in [1.54, 1.807) is 0 Å². The Morgan fingerprint density at radius 1 is 0.304 bits per heavy atom. The van der Waals surface area contributed by atoms with E-state index < -0.39 is 290 Å². The number of rotatable bonds is 21. The topological polar surface area (TPSA) is 621 Å². The Bertz CT molecular complexity index is 2330. The van der Waals surface area contributed by atoms with Gasteiger partial charge in [0.25, 0.3) is 0 Å². The second-order valence-electron chi connectivity index (χ2n) is 23.8. The van der Waals surface area contributed by atoms with E-state index in [0.717, 1.165) is 13.8 Å². The number of carbonyl (C=O) groups is 2. The summed E-state index contributed by atoms with van der Waals surface area (Å²) in [6.07, 6.45) is -74.5. The predicted molar refractivity (Wildman–Crippen MR) is 283 cm³/mol. The SMILES string of the molecule is CC(=O)N[C@@H]1[C@@H](O[C@@H]2O[C@@H](C)[C@@H](O)[C@@H](O)[C@@H]2O)[C@H](O[C@@H]2O[C@H](CO)[C@@H](O[C@@H]3O[C@H](CO)[C@@H](O[C@@H]4O[C@H](CO)[C@H](O)[C@H](O)[C@H]4O)[C@H](O[C@H]4O[C@H](CO)[C@@H](O)[C@H](O)[C@@H]4O)[C@@H]3O)[C@H](O[C@@H]3O[C@@H](C)[C@@H](O)[C@@H](O)[C@@H]3O)[C@H]2NC(C)=O)[C@@H](CO[C@@H]2O[C@@H](C)[C@@H](O)[C@@H](O)[C@@H]2O)O[C@H]1O. The van der Waals surface area contributed by atoms with E-state index in [1.807, 2.05) is 0 Å². The van der Waals surface area contributed by atoms with E-state index in [4.69, 9.17) is 71.1 Å². The van der Waals surface area contributed by atoms with Crippen LogP contribution >= 0.6 is 0 Å². The Morgan fingerprint density at radius 2 is 0.598 bits per heavy atom. The van der Waals surface area contributed by atoms with Crippen LogP contribution < -0.4 is 10.6 Å². The van der Waals surface area contributed by atoms with Gasteiger partial charge in [-0.15, -0.1) is 0 Å². The Kier molecular flexibility index (Phi) is 26.2. The van der Waals surface area contributed by atoms with E-state index in [9.17, 15) is 117 Å². The van der Waals surface area contributed by atoms with Crippen LogP contribution in [0.15, 0.2) is 0 Å². The third kappa shape index (κ3) is 16.0. The summed E-state index contributed by atoms with van der Waals surface area (Å²) in [5.41, 5.74) is 0. The van der Waals surface area contributed by atoms with E-state index in [-0.39, 0.29) is 0 Å². The Labute approximate surface area is 522 Å². The molecule has 0 spiro atoms. The Hall–Kier alpha value is -2.50. The van der Waals surface area contributed by atoms with Crippen LogP contribution in [0.4, 0.5) is 0 Å². The molecule has 534 valence electrons. The molecule has 92 heavy (non-hydrogen) atoms. The first-order valence-corrected chi connectivity index (χ1v) is 29.7. The molecule has 0 aromatic carbocycles. The van der Waals surface area contributed by atoms with Crippen LogP contribution in [0.25, 0.3) is 0 Å². The summed E-state index contributed by atoms with van der Waals surface area (Å²) in [6.45, 7) is 0.490. The average molecular weight is 1350 g/mol. The molecular formula is C52H88N2O38. The highest BCUT2D eigenvalue weighted by atomic mass is 16.8. The van der Waals surface area contributed by atoms with Gasteiger partial charge < -0.3 is 189 Å². The molecule has 2 amide bonds. The molecule has 8 saturated heterocycles. The number of hydrogen-bond acceptors (Lipinski definition) is 38. The molecule has 8 aliphatic heterocycles. The first-order valence-electron chi connectivity index (χ1n) is 29.7. The first-order chi connectivity index (χ1) is 43.4. The monoisotopic (exact) mass is 1350 g/mol. The number of nitrogens with one attached hydrogen (secondary N) is 2. The second kappa shape index (κ2) is 32.0. The summed E-state index contributed by atoms with van der Waals surface area (Å²) in [7, 11) is 0. The van der Waals surface area contributed by atoms with Gasteiger partial charge in [0.2, 0.25) is 11.8 Å². The van der Waals surface area contributed by atoms with Crippen molar-refractivity contribution in [1.29, 1.82) is 0 Å². The third-order valence-electron chi connectivity index (χ3n) is 17.3. The Morgan fingerprint density at radius 3 is 1.02 bits per heavy atom. The van der Waals surface area contributed by atoms with Gasteiger partial charge in [-0.1, -0.05) is 0 Å². The van der Waals surface area contributed by atoms with Gasteiger partial charge in [0.05, 0.1) is 51.3 Å². The average Bonchev–Trinajstić information content (AvgIpc) is 0.764. The van der Waals surface area contributed by atoms with Crippen molar-refractivity contribution in [3.8, 4) is 0 Å². The molecule has 0 radical (unpaired) electrons. The van der Waals surface area contributed by atoms with Gasteiger partial charge >= 0.3 is 0 Å². The maximum atomic E-state index is 13.6. The number of ether oxygens (including phenoxy) is 15. The molecule has 8 rings (SSSR count). The lowest BCUT2D eigenvalue weighted by Gasteiger charge is -2.53. The van der Waals surface area contributed by atoms with Crippen molar-refractivity contribution in [1.82, 2.24) is 10.6 Å². The molecule has 40 nitrogen and oxygen atoms in total. The zero-order valence-electron chi connectivity index (χ0n) is 50.0. The van der Waals surface area contributed by atoms with Gasteiger partial charge in [0.1, 0.15) is 177 Å². The highest BCUT2D eigenvalue weighted by Crippen LogP contribution is 2.40. The Balaban J connectivity index is 1.21. The van der Waals surface area contributed by atoms with Gasteiger partial charge in [-0.2, -0.15) is 0 Å². The lowest BCUT2D eigenvalue weighted by atomic mass is 9.92. The van der Waals surface area contributed by atoms with Crippen LogP contribution in [0.1, 0.15) is 34.6 Å². The molecule has 8 heterocycles. The number of aliphatic hydroxyl groups excluding tert-OH is 21. The summed E-state index contributed by atoms with van der Waals surface area (Å²) < 4.78 is 90.3. The van der Waals surface area contributed by atoms with Gasteiger partial charge in [0, 0.05) is 13.8 Å². The van der Waals surface area contributed by atoms with Gasteiger partial charge in [-0.25, -0.2) is 0 Å². The number of hydrogen-bond donors (Lipinski definition) is 23. The predicted octanol–water partition coefficient (Wildman–Crippen LogP) is -15.1. The molecule has 0 aromatic rings. The normalized spacial score (nSPS) is 52.1. The zero-order valence-corrected chi connectivity index (χ0v) is 50.0. The quantitative estimate of drug-likeness (QED) is 0.0507. The molecule has 0 unspecified atom stereocenters. The van der Waals surface area contributed by atoms with E-state index in [1.165, 1.54) is 20.8 Å². The number of amides is 2. The molecule has 40 heteroatoms. The molecule has 8 aliphatic rings. The molecule has 23 N–H and O–H groups in total. The fourth-order valence-corrected chi connectivity index (χ4v) is 12.0. The van der Waals surface area contributed by atoms with Crippen molar-refractivity contribution in [2.24, 2.45) is 0 Å². The van der Waals surface area contributed by atoms with Gasteiger partial charge in [0.15, 0.2) is 50.3 Å². The molecule has 0 saturated carbocycles. The second-order valence-corrected chi connectivity index (χ2v) is 23.8. The van der Waals surface area contributed by atoms with Crippen molar-refractivity contribution in [3.63, 3.8) is 0 Å². The fraction of sp³-hybridized carbons (Fsp3) is 0.962. The van der Waals surface area contributed by atoms with Crippen LogP contribution in [0.2, 0.25) is 0 Å². The maximum Gasteiger partial charge on any atom is 0.217 e. The summed E-state index contributed by atoms with van der Waals surface area (Å²) in [5.74, 6) is -1.85. The molecule has 40 atom stereocenters. The van der Waals surface area contributed by atoms with Crippen LogP contribution in [0.3, 0.4) is 0 Å². The maximum absolute atomic E-state index is 13.6. The summed E-state index contributed by atoms with van der Waals surface area (Å²) in [4.78, 5) is 26.6. The smallest absolute Gasteiger partial charge is 0.217 e. The lowest BCUT2D eigenvalue weighted by molar-refractivity contribution is -0.406.